The molecule has 150 valence electrons. The second-order valence-electron chi connectivity index (χ2n) is 8.18. The molecule has 0 aliphatic carbocycles. The first kappa shape index (κ1) is 18.5. The summed E-state index contributed by atoms with van der Waals surface area (Å²) in [6.07, 6.45) is 3.89. The average molecular weight is 391 g/mol. The van der Waals surface area contributed by atoms with Crippen molar-refractivity contribution in [1.29, 1.82) is 0 Å². The summed E-state index contributed by atoms with van der Waals surface area (Å²) < 4.78 is 5.70. The molecule has 4 heterocycles. The van der Waals surface area contributed by atoms with E-state index in [9.17, 15) is 9.90 Å². The number of ketones is 1. The summed E-state index contributed by atoms with van der Waals surface area (Å²) in [7, 11) is 0. The molecule has 3 atom stereocenters. The summed E-state index contributed by atoms with van der Waals surface area (Å²) >= 11 is 0. The number of hydrogen-bond acceptors (Lipinski definition) is 6. The lowest BCUT2D eigenvalue weighted by Gasteiger charge is -2.29. The van der Waals surface area contributed by atoms with Crippen molar-refractivity contribution < 1.29 is 14.6 Å². The van der Waals surface area contributed by atoms with Gasteiger partial charge in [0.15, 0.2) is 0 Å². The maximum absolute atomic E-state index is 12.6. The maximum Gasteiger partial charge on any atom is 0.139 e. The van der Waals surface area contributed by atoms with Gasteiger partial charge in [-0.3, -0.25) is 14.8 Å². The number of ether oxygens (including phenoxy) is 1. The van der Waals surface area contributed by atoms with Gasteiger partial charge in [-0.1, -0.05) is 30.3 Å². The number of pyridine rings is 1. The minimum Gasteiger partial charge on any atom is -0.396 e. The quantitative estimate of drug-likeness (QED) is 0.816. The lowest BCUT2D eigenvalue weighted by atomic mass is 9.93. The van der Waals surface area contributed by atoms with E-state index in [0.717, 1.165) is 47.8 Å². The number of Topliss-reactive ketones (excluding diaryl/α,β-unsaturated/α-hetero) is 1. The van der Waals surface area contributed by atoms with Crippen LogP contribution in [-0.2, 0) is 22.5 Å². The smallest absolute Gasteiger partial charge is 0.139 e. The highest BCUT2D eigenvalue weighted by Gasteiger charge is 2.41. The fourth-order valence-electron chi connectivity index (χ4n) is 4.69. The molecule has 1 aromatic heterocycles. The molecule has 2 aromatic rings. The van der Waals surface area contributed by atoms with Crippen LogP contribution in [0.5, 0.6) is 0 Å². The number of fused-ring (bicyclic) bond motifs is 3. The topological polar surface area (TPSA) is 75.0 Å². The molecule has 0 saturated carbocycles. The van der Waals surface area contributed by atoms with Gasteiger partial charge in [0.1, 0.15) is 11.6 Å². The van der Waals surface area contributed by atoms with Crippen molar-refractivity contribution in [2.75, 3.05) is 19.8 Å². The molecule has 3 aliphatic heterocycles. The Balaban J connectivity index is 1.25. The number of benzene rings is 1. The fraction of sp³-hybridized carbons (Fsp3) is 0.435. The van der Waals surface area contributed by atoms with E-state index >= 15 is 0 Å². The Morgan fingerprint density at radius 1 is 1.31 bits per heavy atom. The van der Waals surface area contributed by atoms with Gasteiger partial charge in [-0.05, 0) is 23.6 Å². The standard InChI is InChI=1S/C23H25N3O3/c27-13-17(15-4-2-1-3-5-15)7-20(28)8-18-6-16-10-25-23(22(16)11-24-18)26-12-21-9-19(26)14-29-21/h1-6,11,17,19,21,27H,7-10,12-14H2/t17-,19?,21?/m1/s1. The minimum absolute atomic E-state index is 0.0354. The van der Waals surface area contributed by atoms with Crippen molar-refractivity contribution in [3.05, 3.63) is 65.0 Å². The zero-order chi connectivity index (χ0) is 19.8. The predicted octanol–water partition coefficient (Wildman–Crippen LogP) is 2.09. The normalized spacial score (nSPS) is 23.2. The maximum atomic E-state index is 12.6. The number of aliphatic imine (C=N–C) groups is 1. The lowest BCUT2D eigenvalue weighted by molar-refractivity contribution is -0.119. The summed E-state index contributed by atoms with van der Waals surface area (Å²) in [5.41, 5.74) is 4.00. The molecule has 5 rings (SSSR count). The zero-order valence-corrected chi connectivity index (χ0v) is 16.3. The zero-order valence-electron chi connectivity index (χ0n) is 16.3. The molecule has 6 nitrogen and oxygen atoms in total. The van der Waals surface area contributed by atoms with Crippen LogP contribution in [0.25, 0.3) is 0 Å². The van der Waals surface area contributed by atoms with Crippen LogP contribution in [0.1, 0.15) is 41.1 Å². The molecule has 2 unspecified atom stereocenters. The lowest BCUT2D eigenvalue weighted by Crippen LogP contribution is -2.41. The number of likely N-dealkylation sites (tertiary alicyclic amines) is 1. The van der Waals surface area contributed by atoms with E-state index in [1.165, 1.54) is 0 Å². The number of nitrogens with zero attached hydrogens (tertiary/aromatic N) is 3. The summed E-state index contributed by atoms with van der Waals surface area (Å²) in [5.74, 6) is 0.958. The molecule has 29 heavy (non-hydrogen) atoms. The molecule has 1 aromatic carbocycles. The van der Waals surface area contributed by atoms with E-state index in [1.807, 2.05) is 42.6 Å². The van der Waals surface area contributed by atoms with E-state index in [2.05, 4.69) is 9.88 Å². The van der Waals surface area contributed by atoms with Crippen molar-refractivity contribution in [2.24, 2.45) is 4.99 Å². The highest BCUT2D eigenvalue weighted by molar-refractivity contribution is 6.02. The van der Waals surface area contributed by atoms with Gasteiger partial charge in [0, 0.05) is 42.8 Å². The molecular formula is C23H25N3O3. The molecule has 6 heteroatoms. The summed E-state index contributed by atoms with van der Waals surface area (Å²) in [5, 5.41) is 9.70. The number of amidine groups is 1. The molecule has 3 aliphatic rings. The number of aliphatic hydroxyl groups excluding tert-OH is 1. The number of carbonyl (C=O) groups is 1. The molecule has 2 saturated heterocycles. The van der Waals surface area contributed by atoms with Gasteiger partial charge < -0.3 is 14.7 Å². The Morgan fingerprint density at radius 2 is 2.17 bits per heavy atom. The van der Waals surface area contributed by atoms with Gasteiger partial charge >= 0.3 is 0 Å². The fourth-order valence-corrected chi connectivity index (χ4v) is 4.69. The summed E-state index contributed by atoms with van der Waals surface area (Å²) in [6, 6.07) is 12.2. The van der Waals surface area contributed by atoms with Crippen LogP contribution in [0.15, 0.2) is 47.6 Å². The molecule has 1 N–H and O–H groups in total. The minimum atomic E-state index is -0.166. The highest BCUT2D eigenvalue weighted by atomic mass is 16.5. The highest BCUT2D eigenvalue weighted by Crippen LogP contribution is 2.32. The summed E-state index contributed by atoms with van der Waals surface area (Å²) in [4.78, 5) is 24.3. The third kappa shape index (κ3) is 3.58. The number of carbonyl (C=O) groups excluding carboxylic acids is 1. The molecule has 2 bridgehead atoms. The molecule has 0 spiro atoms. The van der Waals surface area contributed by atoms with Crippen LogP contribution in [0.3, 0.4) is 0 Å². The average Bonchev–Trinajstić information content (AvgIpc) is 3.47. The van der Waals surface area contributed by atoms with Crippen LogP contribution < -0.4 is 0 Å². The summed E-state index contributed by atoms with van der Waals surface area (Å²) in [6.45, 7) is 2.30. The van der Waals surface area contributed by atoms with Crippen molar-refractivity contribution in [2.45, 2.75) is 43.9 Å². The first-order valence-electron chi connectivity index (χ1n) is 10.3. The van der Waals surface area contributed by atoms with Crippen molar-refractivity contribution >= 4 is 11.6 Å². The van der Waals surface area contributed by atoms with Crippen LogP contribution in [0, 0.1) is 0 Å². The Labute approximate surface area is 170 Å². The number of rotatable bonds is 6. The van der Waals surface area contributed by atoms with E-state index in [4.69, 9.17) is 9.73 Å². The SMILES string of the molecule is O=C(Cc1cc2c(cn1)C(N1CC3CC1CO3)=NC2)C[C@H](CO)c1ccccc1. The third-order valence-corrected chi connectivity index (χ3v) is 6.20. The van der Waals surface area contributed by atoms with E-state index in [-0.39, 0.29) is 24.7 Å². The molecule has 0 radical (unpaired) electrons. The number of hydrogen-bond donors (Lipinski definition) is 1. The van der Waals surface area contributed by atoms with Gasteiger partial charge in [-0.25, -0.2) is 0 Å². The molecule has 2 fully saturated rings. The number of aromatic nitrogens is 1. The second-order valence-corrected chi connectivity index (χ2v) is 8.18. The Kier molecular flexibility index (Phi) is 4.89. The third-order valence-electron chi connectivity index (χ3n) is 6.20. The van der Waals surface area contributed by atoms with Gasteiger partial charge in [-0.2, -0.15) is 0 Å². The Bertz CT molecular complexity index is 944. The van der Waals surface area contributed by atoms with E-state index in [1.54, 1.807) is 0 Å². The first-order valence-corrected chi connectivity index (χ1v) is 10.3. The van der Waals surface area contributed by atoms with Crippen LogP contribution in [-0.4, -0.2) is 58.5 Å². The molecular weight excluding hydrogens is 366 g/mol. The van der Waals surface area contributed by atoms with E-state index in [0.29, 0.717) is 25.1 Å². The van der Waals surface area contributed by atoms with Crippen molar-refractivity contribution in [3.8, 4) is 0 Å². The molecule has 0 amide bonds. The van der Waals surface area contributed by atoms with Gasteiger partial charge in [0.25, 0.3) is 0 Å². The Morgan fingerprint density at radius 3 is 2.90 bits per heavy atom. The monoisotopic (exact) mass is 391 g/mol. The van der Waals surface area contributed by atoms with Gasteiger partial charge in [-0.15, -0.1) is 0 Å². The Hall–Kier alpha value is -2.57. The van der Waals surface area contributed by atoms with Gasteiger partial charge in [0.05, 0.1) is 31.9 Å². The van der Waals surface area contributed by atoms with Crippen LogP contribution in [0.2, 0.25) is 0 Å². The van der Waals surface area contributed by atoms with Gasteiger partial charge in [0.2, 0.25) is 0 Å². The van der Waals surface area contributed by atoms with Crippen LogP contribution >= 0.6 is 0 Å². The largest absolute Gasteiger partial charge is 0.396 e. The van der Waals surface area contributed by atoms with Crippen molar-refractivity contribution in [3.63, 3.8) is 0 Å². The first-order chi connectivity index (χ1) is 14.2. The van der Waals surface area contributed by atoms with E-state index < -0.39 is 0 Å². The predicted molar refractivity (Wildman–Crippen MR) is 109 cm³/mol. The van der Waals surface area contributed by atoms with Crippen molar-refractivity contribution in [1.82, 2.24) is 9.88 Å². The number of morpholine rings is 1. The van der Waals surface area contributed by atoms with Crippen LogP contribution in [0.4, 0.5) is 0 Å². The second kappa shape index (κ2) is 7.69. The number of aliphatic hydroxyl groups is 1.